The fraction of sp³-hybridized carbons (Fsp3) is 0.219. The van der Waals surface area contributed by atoms with Crippen molar-refractivity contribution in [2.45, 2.75) is 39.0 Å². The maximum absolute atomic E-state index is 11.0. The van der Waals surface area contributed by atoms with E-state index in [9.17, 15) is 10.1 Å². The van der Waals surface area contributed by atoms with E-state index in [1.54, 1.807) is 12.3 Å². The Morgan fingerprint density at radius 2 is 1.84 bits per heavy atom. The molecule has 0 radical (unpaired) electrons. The van der Waals surface area contributed by atoms with Gasteiger partial charge in [-0.05, 0) is 69.7 Å². The summed E-state index contributed by atoms with van der Waals surface area (Å²) >= 11 is 0. The summed E-state index contributed by atoms with van der Waals surface area (Å²) in [6.45, 7) is 6.66. The zero-order chi connectivity index (χ0) is 26.2. The van der Waals surface area contributed by atoms with Crippen LogP contribution in [-0.4, -0.2) is 21.3 Å². The Balaban J connectivity index is 1.79. The summed E-state index contributed by atoms with van der Waals surface area (Å²) in [4.78, 5) is 11.0. The van der Waals surface area contributed by atoms with Crippen molar-refractivity contribution in [2.75, 3.05) is 0 Å². The number of aliphatic carboxylic acids is 1. The summed E-state index contributed by atoms with van der Waals surface area (Å²) in [6.07, 6.45) is 6.65. The topological polar surface area (TPSA) is 89.8 Å². The monoisotopic (exact) mass is 487 g/mol. The fourth-order valence-electron chi connectivity index (χ4n) is 4.84. The standard InChI is InChI=1S/C32H29N3O2/c1-32(2,3)24-6-4-5-23(17-24)30(21-12-13-21)31(22-10-7-20(8-11-22)9-16-29(36)37)25-14-15-28-27(19-34-35-28)26(25)18-33/h4-11,14-17,19,21H,12-13H2,1-3H3,(H,34,35)(H,36,37)/b16-9+,31-30+. The molecule has 0 unspecified atom stereocenters. The average molecular weight is 488 g/mol. The summed E-state index contributed by atoms with van der Waals surface area (Å²) < 4.78 is 0. The second-order valence-electron chi connectivity index (χ2n) is 10.6. The van der Waals surface area contributed by atoms with Crippen LogP contribution in [0.5, 0.6) is 0 Å². The van der Waals surface area contributed by atoms with E-state index in [1.165, 1.54) is 16.7 Å². The van der Waals surface area contributed by atoms with Crippen LogP contribution in [0, 0.1) is 17.2 Å². The minimum atomic E-state index is -0.980. The predicted octanol–water partition coefficient (Wildman–Crippen LogP) is 7.20. The highest BCUT2D eigenvalue weighted by Crippen LogP contribution is 2.49. The third-order valence-electron chi connectivity index (χ3n) is 6.92. The number of carbonyl (C=O) groups is 1. The minimum absolute atomic E-state index is 0.0104. The van der Waals surface area contributed by atoms with E-state index < -0.39 is 5.97 Å². The number of benzene rings is 3. The van der Waals surface area contributed by atoms with E-state index in [-0.39, 0.29) is 5.41 Å². The molecule has 2 N–H and O–H groups in total. The Bertz CT molecular complexity index is 1590. The predicted molar refractivity (Wildman–Crippen MR) is 148 cm³/mol. The van der Waals surface area contributed by atoms with Gasteiger partial charge in [0.15, 0.2) is 0 Å². The number of allylic oxidation sites excluding steroid dienone is 1. The maximum atomic E-state index is 11.0. The average Bonchev–Trinajstić information content (AvgIpc) is 3.60. The lowest BCUT2D eigenvalue weighted by atomic mass is 9.81. The molecule has 5 heteroatoms. The van der Waals surface area contributed by atoms with Crippen LogP contribution in [0.15, 0.2) is 72.9 Å². The molecule has 0 aliphatic heterocycles. The van der Waals surface area contributed by atoms with Gasteiger partial charge in [-0.25, -0.2) is 4.79 Å². The van der Waals surface area contributed by atoms with Crippen LogP contribution < -0.4 is 0 Å². The highest BCUT2D eigenvalue weighted by molar-refractivity contribution is 6.04. The first-order valence-corrected chi connectivity index (χ1v) is 12.5. The van der Waals surface area contributed by atoms with Gasteiger partial charge in [0, 0.05) is 17.0 Å². The number of carboxylic acid groups (broad SMARTS) is 1. The second-order valence-corrected chi connectivity index (χ2v) is 10.6. The van der Waals surface area contributed by atoms with Crippen molar-refractivity contribution in [3.8, 4) is 6.07 Å². The number of hydrogen-bond acceptors (Lipinski definition) is 3. The van der Waals surface area contributed by atoms with E-state index in [0.717, 1.165) is 52.1 Å². The molecule has 1 heterocycles. The van der Waals surface area contributed by atoms with Gasteiger partial charge in [-0.15, -0.1) is 0 Å². The van der Waals surface area contributed by atoms with Crippen LogP contribution in [0.25, 0.3) is 28.1 Å². The molecule has 0 bridgehead atoms. The van der Waals surface area contributed by atoms with Gasteiger partial charge in [-0.3, -0.25) is 5.10 Å². The molecule has 1 aliphatic carbocycles. The molecule has 3 aromatic carbocycles. The molecule has 0 atom stereocenters. The summed E-state index contributed by atoms with van der Waals surface area (Å²) in [5, 5.41) is 27.2. The molecule has 4 aromatic rings. The number of aromatic nitrogens is 2. The van der Waals surface area contributed by atoms with Crippen molar-refractivity contribution < 1.29 is 9.90 Å². The molecular weight excluding hydrogens is 458 g/mol. The van der Waals surface area contributed by atoms with Crippen molar-refractivity contribution in [3.63, 3.8) is 0 Å². The van der Waals surface area contributed by atoms with Gasteiger partial charge in [-0.2, -0.15) is 10.4 Å². The van der Waals surface area contributed by atoms with E-state index in [2.05, 4.69) is 61.3 Å². The summed E-state index contributed by atoms with van der Waals surface area (Å²) in [5.41, 5.74) is 8.86. The van der Waals surface area contributed by atoms with Crippen LogP contribution in [0.2, 0.25) is 0 Å². The normalized spacial score (nSPS) is 14.5. The van der Waals surface area contributed by atoms with Crippen LogP contribution in [0.1, 0.15) is 67.0 Å². The highest BCUT2D eigenvalue weighted by Gasteiger charge is 2.32. The molecule has 1 fully saturated rings. The SMILES string of the molecule is CC(C)(C)c1cccc(/C(=C(\c2ccc(/C=C/C(=O)O)cc2)c2ccc3[nH]ncc3c2C#N)C2CC2)c1. The van der Waals surface area contributed by atoms with Gasteiger partial charge >= 0.3 is 5.97 Å². The lowest BCUT2D eigenvalue weighted by Crippen LogP contribution is -2.11. The Labute approximate surface area is 216 Å². The lowest BCUT2D eigenvalue weighted by Gasteiger charge is -2.23. The van der Waals surface area contributed by atoms with E-state index in [0.29, 0.717) is 11.5 Å². The van der Waals surface area contributed by atoms with Gasteiger partial charge in [0.05, 0.1) is 17.3 Å². The van der Waals surface area contributed by atoms with Crippen LogP contribution in [0.3, 0.4) is 0 Å². The number of rotatable bonds is 6. The minimum Gasteiger partial charge on any atom is -0.478 e. The van der Waals surface area contributed by atoms with Gasteiger partial charge in [-0.1, -0.05) is 75.4 Å². The number of fused-ring (bicyclic) bond motifs is 1. The number of carboxylic acids is 1. The Morgan fingerprint density at radius 1 is 1.08 bits per heavy atom. The molecular formula is C32H29N3O2. The van der Waals surface area contributed by atoms with E-state index >= 15 is 0 Å². The number of nitriles is 1. The Morgan fingerprint density at radius 3 is 2.49 bits per heavy atom. The number of H-pyrrole nitrogens is 1. The smallest absolute Gasteiger partial charge is 0.328 e. The van der Waals surface area contributed by atoms with Gasteiger partial charge in [0.2, 0.25) is 0 Å². The summed E-state index contributed by atoms with van der Waals surface area (Å²) in [7, 11) is 0. The molecule has 184 valence electrons. The Kier molecular flexibility index (Phi) is 6.27. The summed E-state index contributed by atoms with van der Waals surface area (Å²) in [5.74, 6) is -0.574. The molecule has 1 aromatic heterocycles. The molecule has 0 saturated heterocycles. The quantitative estimate of drug-likeness (QED) is 0.222. The van der Waals surface area contributed by atoms with E-state index in [4.69, 9.17) is 5.11 Å². The summed E-state index contributed by atoms with van der Waals surface area (Å²) in [6, 6.07) is 23.1. The van der Waals surface area contributed by atoms with Gasteiger partial charge in [0.1, 0.15) is 6.07 Å². The largest absolute Gasteiger partial charge is 0.478 e. The number of nitrogens with one attached hydrogen (secondary N) is 1. The number of hydrogen-bond donors (Lipinski definition) is 2. The van der Waals surface area contributed by atoms with Crippen molar-refractivity contribution in [1.29, 1.82) is 5.26 Å². The molecule has 37 heavy (non-hydrogen) atoms. The van der Waals surface area contributed by atoms with Crippen LogP contribution in [0.4, 0.5) is 0 Å². The first-order valence-electron chi connectivity index (χ1n) is 12.5. The van der Waals surface area contributed by atoms with Crippen molar-refractivity contribution in [2.24, 2.45) is 5.92 Å². The lowest BCUT2D eigenvalue weighted by molar-refractivity contribution is -0.131. The third-order valence-corrected chi connectivity index (χ3v) is 6.92. The van der Waals surface area contributed by atoms with Crippen molar-refractivity contribution in [3.05, 3.63) is 106 Å². The molecule has 0 amide bonds. The first-order chi connectivity index (χ1) is 17.8. The molecule has 1 saturated carbocycles. The molecule has 1 aliphatic rings. The zero-order valence-corrected chi connectivity index (χ0v) is 21.2. The van der Waals surface area contributed by atoms with Crippen LogP contribution >= 0.6 is 0 Å². The molecule has 0 spiro atoms. The van der Waals surface area contributed by atoms with Crippen molar-refractivity contribution in [1.82, 2.24) is 10.2 Å². The number of nitrogens with zero attached hydrogens (tertiary/aromatic N) is 2. The highest BCUT2D eigenvalue weighted by atomic mass is 16.4. The first kappa shape index (κ1) is 24.3. The van der Waals surface area contributed by atoms with Crippen LogP contribution in [-0.2, 0) is 10.2 Å². The maximum Gasteiger partial charge on any atom is 0.328 e. The second kappa shape index (κ2) is 9.55. The molecule has 5 rings (SSSR count). The molecule has 5 nitrogen and oxygen atoms in total. The van der Waals surface area contributed by atoms with Gasteiger partial charge in [0.25, 0.3) is 0 Å². The zero-order valence-electron chi connectivity index (χ0n) is 21.2. The van der Waals surface area contributed by atoms with E-state index in [1.807, 2.05) is 36.4 Å². The fourth-order valence-corrected chi connectivity index (χ4v) is 4.84. The Hall–Kier alpha value is -4.43. The van der Waals surface area contributed by atoms with Crippen molar-refractivity contribution >= 4 is 34.1 Å². The third kappa shape index (κ3) is 4.96. The number of aromatic amines is 1. The van der Waals surface area contributed by atoms with Gasteiger partial charge < -0.3 is 5.11 Å².